The van der Waals surface area contributed by atoms with Gasteiger partial charge in [-0.25, -0.2) is 0 Å². The predicted molar refractivity (Wildman–Crippen MR) is 86.6 cm³/mol. The summed E-state index contributed by atoms with van der Waals surface area (Å²) in [6.45, 7) is 6.46. The van der Waals surface area contributed by atoms with Crippen LogP contribution in [0.2, 0.25) is 31.1 Å². The molecule has 0 bridgehead atoms. The molecular weight excluding hydrogens is 311 g/mol. The van der Waals surface area contributed by atoms with Crippen LogP contribution in [0, 0.1) is 11.3 Å². The molecule has 0 spiro atoms. The van der Waals surface area contributed by atoms with Gasteiger partial charge in [0.15, 0.2) is 0 Å². The van der Waals surface area contributed by atoms with Gasteiger partial charge in [0.05, 0.1) is 0 Å². The molecule has 0 saturated heterocycles. The fourth-order valence-electron chi connectivity index (χ4n) is 1.73. The molecule has 1 rings (SSSR count). The van der Waals surface area contributed by atoms with Crippen molar-refractivity contribution < 1.29 is 0 Å². The first-order chi connectivity index (χ1) is 8.85. The molecule has 0 amide bonds. The summed E-state index contributed by atoms with van der Waals surface area (Å²) >= 11 is -1.11. The Morgan fingerprint density at radius 1 is 1.21 bits per heavy atom. The Morgan fingerprint density at radius 2 is 1.79 bits per heavy atom. The van der Waals surface area contributed by atoms with Gasteiger partial charge in [0, 0.05) is 0 Å². The minimum absolute atomic E-state index is 0.221. The summed E-state index contributed by atoms with van der Waals surface area (Å²) in [4.78, 5) is 0. The summed E-state index contributed by atoms with van der Waals surface area (Å²) in [5, 5.41) is 9.43. The first-order valence-electron chi connectivity index (χ1n) is 6.31. The third-order valence-electron chi connectivity index (χ3n) is 2.54. The van der Waals surface area contributed by atoms with Crippen LogP contribution >= 0.6 is 0 Å². The molecule has 19 heavy (non-hydrogen) atoms. The van der Waals surface area contributed by atoms with Crippen molar-refractivity contribution in [1.82, 2.24) is 0 Å². The van der Waals surface area contributed by atoms with Gasteiger partial charge in [0.2, 0.25) is 0 Å². The Labute approximate surface area is 122 Å². The van der Waals surface area contributed by atoms with Gasteiger partial charge in [0.1, 0.15) is 0 Å². The van der Waals surface area contributed by atoms with Crippen LogP contribution in [0.3, 0.4) is 0 Å². The number of hydrogen-bond acceptors (Lipinski definition) is 2. The second-order valence-corrected chi connectivity index (χ2v) is 15.4. The van der Waals surface area contributed by atoms with E-state index in [4.69, 9.17) is 0 Å². The third-order valence-corrected chi connectivity index (χ3v) is 6.65. The van der Waals surface area contributed by atoms with Gasteiger partial charge in [-0.1, -0.05) is 0 Å². The van der Waals surface area contributed by atoms with Crippen LogP contribution in [-0.2, 0) is 0 Å². The topological polar surface area (TPSA) is 36.1 Å². The van der Waals surface area contributed by atoms with Gasteiger partial charge in [-0.2, -0.15) is 0 Å². The van der Waals surface area contributed by atoms with Crippen LogP contribution in [0.1, 0.15) is 10.3 Å². The van der Waals surface area contributed by atoms with E-state index in [-0.39, 0.29) is 4.71 Å². The zero-order valence-electron chi connectivity index (χ0n) is 12.3. The van der Waals surface area contributed by atoms with Gasteiger partial charge in [-0.3, -0.25) is 0 Å². The molecule has 0 N–H and O–H groups in total. The monoisotopic (exact) mass is 332 g/mol. The molecule has 100 valence electrons. The molecule has 0 fully saturated rings. The van der Waals surface area contributed by atoms with Gasteiger partial charge >= 0.3 is 122 Å². The SMILES string of the molecule is C[As](C)C(C(=C=N[Si](C)(C)C)C#N)c1ccccc1. The number of rotatable bonds is 4. The number of benzene rings is 1. The Kier molecular flexibility index (Phi) is 5.82. The molecule has 4 heteroatoms. The van der Waals surface area contributed by atoms with Crippen molar-refractivity contribution in [3.8, 4) is 6.07 Å². The van der Waals surface area contributed by atoms with Gasteiger partial charge in [-0.05, 0) is 0 Å². The average Bonchev–Trinajstić information content (AvgIpc) is 2.33. The standard InChI is InChI=1S/C15H21AsN2Si/c1-16(2)15(13-9-7-6-8-10-13)14(11-17)12-18-19(3,4)5/h6-10,15H,1-5H3. The quantitative estimate of drug-likeness (QED) is 0.466. The first-order valence-corrected chi connectivity index (χ1v) is 14.6. The van der Waals surface area contributed by atoms with Crippen LogP contribution in [0.5, 0.6) is 0 Å². The molecule has 0 aliphatic rings. The minimum atomic E-state index is -1.56. The van der Waals surface area contributed by atoms with E-state index in [0.29, 0.717) is 5.57 Å². The van der Waals surface area contributed by atoms with Gasteiger partial charge < -0.3 is 0 Å². The maximum absolute atomic E-state index is 9.43. The molecule has 0 aromatic heterocycles. The first kappa shape index (κ1) is 16.0. The van der Waals surface area contributed by atoms with Crippen LogP contribution in [0.4, 0.5) is 0 Å². The number of nitrogens with zero attached hydrogens (tertiary/aromatic N) is 2. The number of nitriles is 1. The van der Waals surface area contributed by atoms with Crippen LogP contribution < -0.4 is 0 Å². The molecular formula is C15H21AsN2Si. The molecule has 0 saturated carbocycles. The van der Waals surface area contributed by atoms with Crippen molar-refractivity contribution in [3.05, 3.63) is 41.5 Å². The maximum atomic E-state index is 9.43. The molecule has 1 aromatic carbocycles. The average molecular weight is 332 g/mol. The molecule has 0 heterocycles. The molecule has 0 aliphatic heterocycles. The van der Waals surface area contributed by atoms with Crippen molar-refractivity contribution in [2.24, 2.45) is 4.66 Å². The van der Waals surface area contributed by atoms with E-state index in [0.717, 1.165) is 0 Å². The Balaban J connectivity index is 3.27. The molecule has 1 aromatic rings. The van der Waals surface area contributed by atoms with E-state index in [1.54, 1.807) is 0 Å². The van der Waals surface area contributed by atoms with E-state index in [2.05, 4.69) is 59.8 Å². The molecule has 1 atom stereocenters. The fraction of sp³-hybridized carbons (Fsp3) is 0.400. The Bertz CT molecular complexity index is 517. The molecule has 1 unspecified atom stereocenters. The summed E-state index contributed by atoms with van der Waals surface area (Å²) in [5.41, 5.74) is 6.48. The van der Waals surface area contributed by atoms with Crippen molar-refractivity contribution >= 4 is 28.8 Å². The Morgan fingerprint density at radius 3 is 2.21 bits per heavy atom. The van der Waals surface area contributed by atoms with E-state index in [1.165, 1.54) is 5.56 Å². The van der Waals surface area contributed by atoms with Gasteiger partial charge in [-0.15, -0.1) is 0 Å². The summed E-state index contributed by atoms with van der Waals surface area (Å²) in [7, 11) is -1.56. The fourth-order valence-corrected chi connectivity index (χ4v) is 5.13. The van der Waals surface area contributed by atoms with Crippen molar-refractivity contribution in [1.29, 1.82) is 5.26 Å². The number of hydrogen-bond donors (Lipinski definition) is 0. The second kappa shape index (κ2) is 6.92. The normalized spacial score (nSPS) is 12.5. The van der Waals surface area contributed by atoms with Crippen molar-refractivity contribution in [3.63, 3.8) is 0 Å². The molecule has 2 nitrogen and oxygen atoms in total. The van der Waals surface area contributed by atoms with Gasteiger partial charge in [0.25, 0.3) is 0 Å². The van der Waals surface area contributed by atoms with Crippen LogP contribution in [0.25, 0.3) is 0 Å². The summed E-state index contributed by atoms with van der Waals surface area (Å²) < 4.78 is 4.73. The second-order valence-electron chi connectivity index (χ2n) is 5.70. The van der Waals surface area contributed by atoms with E-state index in [9.17, 15) is 5.26 Å². The Hall–Kier alpha value is -1.06. The zero-order chi connectivity index (χ0) is 14.5. The van der Waals surface area contributed by atoms with E-state index in [1.807, 2.05) is 18.2 Å². The summed E-state index contributed by atoms with van der Waals surface area (Å²) in [6, 6.07) is 12.6. The van der Waals surface area contributed by atoms with E-state index < -0.39 is 22.9 Å². The van der Waals surface area contributed by atoms with Crippen LogP contribution in [-0.4, -0.2) is 28.8 Å². The zero-order valence-corrected chi connectivity index (χ0v) is 15.2. The summed E-state index contributed by atoms with van der Waals surface area (Å²) in [5.74, 6) is 3.07. The van der Waals surface area contributed by atoms with E-state index >= 15 is 0 Å². The predicted octanol–water partition coefficient (Wildman–Crippen LogP) is 4.02. The number of allylic oxidation sites excluding steroid dienone is 1. The molecule has 0 radical (unpaired) electrons. The van der Waals surface area contributed by atoms with Crippen molar-refractivity contribution in [2.45, 2.75) is 35.8 Å². The molecule has 0 aliphatic carbocycles. The summed E-state index contributed by atoms with van der Waals surface area (Å²) in [6.07, 6.45) is 0. The van der Waals surface area contributed by atoms with Crippen LogP contribution in [0.15, 0.2) is 40.6 Å². The van der Waals surface area contributed by atoms with Crippen molar-refractivity contribution in [2.75, 3.05) is 0 Å². The third kappa shape index (κ3) is 5.21.